The number of aromatic nitrogens is 2. The summed E-state index contributed by atoms with van der Waals surface area (Å²) in [5.41, 5.74) is 3.78. The summed E-state index contributed by atoms with van der Waals surface area (Å²) >= 11 is 0. The second kappa shape index (κ2) is 10.6. The highest BCUT2D eigenvalue weighted by Gasteiger charge is 2.22. The van der Waals surface area contributed by atoms with Gasteiger partial charge in [0.25, 0.3) is 5.56 Å². The topological polar surface area (TPSA) is 94.0 Å². The predicted molar refractivity (Wildman–Crippen MR) is 137 cm³/mol. The molecule has 0 fully saturated rings. The van der Waals surface area contributed by atoms with Crippen molar-refractivity contribution in [3.63, 3.8) is 0 Å². The maximum absolute atomic E-state index is 13.2. The molecule has 180 valence electrons. The molecule has 0 bridgehead atoms. The molecule has 0 aliphatic carbocycles. The van der Waals surface area contributed by atoms with Gasteiger partial charge in [-0.05, 0) is 55.5 Å². The molecule has 0 amide bonds. The van der Waals surface area contributed by atoms with Crippen molar-refractivity contribution in [2.24, 2.45) is 19.2 Å². The molecule has 0 radical (unpaired) electrons. The van der Waals surface area contributed by atoms with Gasteiger partial charge in [0.1, 0.15) is 22.9 Å². The SMILES string of the molecule is CCOc1ccc(N(Cc2ccco2)c2c(/C=N/Nc3ccccc3)c(=O)n(C)c(=O)n2C)cc1. The Bertz CT molecular complexity index is 1410. The summed E-state index contributed by atoms with van der Waals surface area (Å²) in [6.07, 6.45) is 3.02. The van der Waals surface area contributed by atoms with E-state index in [9.17, 15) is 9.59 Å². The number of hydrogen-bond donors (Lipinski definition) is 1. The van der Waals surface area contributed by atoms with Gasteiger partial charge in [-0.15, -0.1) is 0 Å². The van der Waals surface area contributed by atoms with Gasteiger partial charge in [0.05, 0.1) is 31.3 Å². The van der Waals surface area contributed by atoms with Gasteiger partial charge in [0, 0.05) is 19.8 Å². The van der Waals surface area contributed by atoms with Crippen LogP contribution in [0, 0.1) is 0 Å². The van der Waals surface area contributed by atoms with Crippen LogP contribution in [0.3, 0.4) is 0 Å². The summed E-state index contributed by atoms with van der Waals surface area (Å²) in [4.78, 5) is 28.0. The first-order chi connectivity index (χ1) is 17.0. The first kappa shape index (κ1) is 23.6. The Hall–Kier alpha value is -4.53. The molecule has 0 atom stereocenters. The van der Waals surface area contributed by atoms with Crippen LogP contribution >= 0.6 is 0 Å². The van der Waals surface area contributed by atoms with E-state index in [1.807, 2.05) is 72.5 Å². The van der Waals surface area contributed by atoms with Crippen LogP contribution in [0.4, 0.5) is 17.2 Å². The molecule has 35 heavy (non-hydrogen) atoms. The second-order valence-corrected chi connectivity index (χ2v) is 7.77. The Labute approximate surface area is 202 Å². The first-order valence-corrected chi connectivity index (χ1v) is 11.2. The summed E-state index contributed by atoms with van der Waals surface area (Å²) in [7, 11) is 3.08. The van der Waals surface area contributed by atoms with Crippen molar-refractivity contribution in [1.82, 2.24) is 9.13 Å². The van der Waals surface area contributed by atoms with Crippen molar-refractivity contribution in [1.29, 1.82) is 0 Å². The lowest BCUT2D eigenvalue weighted by atomic mass is 10.2. The van der Waals surface area contributed by atoms with Crippen molar-refractivity contribution in [3.8, 4) is 5.75 Å². The molecule has 1 N–H and O–H groups in total. The molecule has 0 spiro atoms. The van der Waals surface area contributed by atoms with Gasteiger partial charge in [-0.25, -0.2) is 4.79 Å². The van der Waals surface area contributed by atoms with E-state index in [-0.39, 0.29) is 12.1 Å². The number of nitrogens with zero attached hydrogens (tertiary/aromatic N) is 4. The Morgan fingerprint density at radius 2 is 1.74 bits per heavy atom. The van der Waals surface area contributed by atoms with Gasteiger partial charge in [0.2, 0.25) is 0 Å². The van der Waals surface area contributed by atoms with E-state index in [0.717, 1.165) is 21.7 Å². The maximum Gasteiger partial charge on any atom is 0.332 e. The zero-order valence-corrected chi connectivity index (χ0v) is 19.8. The molecule has 0 aliphatic heterocycles. The smallest absolute Gasteiger partial charge is 0.332 e. The zero-order valence-electron chi connectivity index (χ0n) is 19.8. The van der Waals surface area contributed by atoms with Crippen LogP contribution in [0.1, 0.15) is 18.2 Å². The number of rotatable bonds is 9. The highest BCUT2D eigenvalue weighted by molar-refractivity contribution is 5.88. The number of hydrazone groups is 1. The Balaban J connectivity index is 1.84. The molecule has 0 unspecified atom stereocenters. The van der Waals surface area contributed by atoms with E-state index in [1.165, 1.54) is 17.8 Å². The standard InChI is InChI=1S/C26H27N5O4/c1-4-34-21-14-12-20(13-15-21)31(18-22-11-8-16-35-22)24-23(25(32)30(3)26(33)29(24)2)17-27-28-19-9-6-5-7-10-19/h5-17,28H,4,18H2,1-3H3/b27-17+. The fraction of sp³-hybridized carbons (Fsp3) is 0.192. The molecule has 4 rings (SSSR count). The monoisotopic (exact) mass is 473 g/mol. The van der Waals surface area contributed by atoms with Crippen LogP contribution in [0.15, 0.2) is 92.1 Å². The van der Waals surface area contributed by atoms with Gasteiger partial charge in [-0.3, -0.25) is 19.4 Å². The van der Waals surface area contributed by atoms with E-state index in [2.05, 4.69) is 10.5 Å². The summed E-state index contributed by atoms with van der Waals surface area (Å²) in [6.45, 7) is 2.75. The third-order valence-corrected chi connectivity index (χ3v) is 5.44. The fourth-order valence-corrected chi connectivity index (χ4v) is 3.72. The lowest BCUT2D eigenvalue weighted by Crippen LogP contribution is -2.42. The summed E-state index contributed by atoms with van der Waals surface area (Å²) in [6, 6.07) is 20.5. The molecule has 2 aromatic carbocycles. The molecule has 2 aromatic heterocycles. The quantitative estimate of drug-likeness (QED) is 0.293. The van der Waals surface area contributed by atoms with Crippen LogP contribution < -0.4 is 26.3 Å². The van der Waals surface area contributed by atoms with Crippen molar-refractivity contribution < 1.29 is 9.15 Å². The molecular weight excluding hydrogens is 446 g/mol. The number of benzene rings is 2. The normalized spacial score (nSPS) is 11.1. The van der Waals surface area contributed by atoms with Crippen molar-refractivity contribution in [3.05, 3.63) is 105 Å². The number of ether oxygens (including phenoxy) is 1. The highest BCUT2D eigenvalue weighted by atomic mass is 16.5. The summed E-state index contributed by atoms with van der Waals surface area (Å²) in [5, 5.41) is 4.28. The van der Waals surface area contributed by atoms with E-state index in [4.69, 9.17) is 9.15 Å². The molecule has 0 aliphatic rings. The number of para-hydroxylation sites is 1. The van der Waals surface area contributed by atoms with Crippen molar-refractivity contribution in [2.75, 3.05) is 16.9 Å². The van der Waals surface area contributed by atoms with Crippen LogP contribution in [-0.4, -0.2) is 22.0 Å². The molecule has 2 heterocycles. The van der Waals surface area contributed by atoms with E-state index in [1.54, 1.807) is 19.4 Å². The van der Waals surface area contributed by atoms with Crippen molar-refractivity contribution in [2.45, 2.75) is 13.5 Å². The van der Waals surface area contributed by atoms with Gasteiger partial charge in [-0.2, -0.15) is 5.10 Å². The number of anilines is 3. The van der Waals surface area contributed by atoms with Crippen LogP contribution in [0.2, 0.25) is 0 Å². The predicted octanol–water partition coefficient (Wildman–Crippen LogP) is 3.86. The highest BCUT2D eigenvalue weighted by Crippen LogP contribution is 2.29. The van der Waals surface area contributed by atoms with Gasteiger partial charge < -0.3 is 14.1 Å². The third-order valence-electron chi connectivity index (χ3n) is 5.44. The molecule has 4 aromatic rings. The van der Waals surface area contributed by atoms with E-state index >= 15 is 0 Å². The lowest BCUT2D eigenvalue weighted by Gasteiger charge is -2.27. The van der Waals surface area contributed by atoms with Crippen LogP contribution in [-0.2, 0) is 20.6 Å². The van der Waals surface area contributed by atoms with Gasteiger partial charge >= 0.3 is 5.69 Å². The van der Waals surface area contributed by atoms with Crippen LogP contribution in [0.5, 0.6) is 5.75 Å². The Morgan fingerprint density at radius 1 is 1.00 bits per heavy atom. The van der Waals surface area contributed by atoms with Gasteiger partial charge in [0.15, 0.2) is 0 Å². The molecular formula is C26H27N5O4. The molecule has 9 nitrogen and oxygen atoms in total. The molecule has 0 saturated heterocycles. The van der Waals surface area contributed by atoms with E-state index < -0.39 is 11.2 Å². The Kier molecular flexibility index (Phi) is 7.15. The fourth-order valence-electron chi connectivity index (χ4n) is 3.72. The summed E-state index contributed by atoms with van der Waals surface area (Å²) in [5.74, 6) is 1.77. The van der Waals surface area contributed by atoms with Crippen molar-refractivity contribution >= 4 is 23.4 Å². The summed E-state index contributed by atoms with van der Waals surface area (Å²) < 4.78 is 13.7. The Morgan fingerprint density at radius 3 is 2.40 bits per heavy atom. The minimum Gasteiger partial charge on any atom is -0.494 e. The minimum atomic E-state index is -0.461. The second-order valence-electron chi connectivity index (χ2n) is 7.77. The maximum atomic E-state index is 13.2. The van der Waals surface area contributed by atoms with E-state index in [0.29, 0.717) is 18.2 Å². The average molecular weight is 474 g/mol. The van der Waals surface area contributed by atoms with Crippen LogP contribution in [0.25, 0.3) is 0 Å². The minimum absolute atomic E-state index is 0.249. The third kappa shape index (κ3) is 5.19. The average Bonchev–Trinajstić information content (AvgIpc) is 3.40. The van der Waals surface area contributed by atoms with Gasteiger partial charge in [-0.1, -0.05) is 18.2 Å². The number of hydrogen-bond acceptors (Lipinski definition) is 7. The molecule has 0 saturated carbocycles. The molecule has 9 heteroatoms. The first-order valence-electron chi connectivity index (χ1n) is 11.2. The number of nitrogens with one attached hydrogen (secondary N) is 1. The largest absolute Gasteiger partial charge is 0.494 e. The lowest BCUT2D eigenvalue weighted by molar-refractivity contribution is 0.340. The number of furan rings is 1. The zero-order chi connectivity index (χ0) is 24.8.